The molecule has 0 saturated carbocycles. The van der Waals surface area contributed by atoms with Crippen molar-refractivity contribution < 1.29 is 8.42 Å². The number of likely N-dealkylation sites (N-methyl/N-ethyl adjacent to an activating group) is 1. The summed E-state index contributed by atoms with van der Waals surface area (Å²) in [5.41, 5.74) is 0. The van der Waals surface area contributed by atoms with Crippen molar-refractivity contribution in [2.24, 2.45) is 0 Å². The Kier molecular flexibility index (Phi) is 6.73. The van der Waals surface area contributed by atoms with Gasteiger partial charge in [0.2, 0.25) is 10.0 Å². The fourth-order valence-electron chi connectivity index (χ4n) is 2.46. The summed E-state index contributed by atoms with van der Waals surface area (Å²) in [4.78, 5) is 2.33. The highest BCUT2D eigenvalue weighted by Crippen LogP contribution is 2.13. The second-order valence-electron chi connectivity index (χ2n) is 5.61. The first-order valence-electron chi connectivity index (χ1n) is 7.32. The van der Waals surface area contributed by atoms with Crippen molar-refractivity contribution in [1.82, 2.24) is 14.5 Å². The molecule has 0 amide bonds. The molecule has 114 valence electrons. The zero-order valence-corrected chi connectivity index (χ0v) is 13.5. The lowest BCUT2D eigenvalue weighted by molar-refractivity contribution is 0.135. The van der Waals surface area contributed by atoms with Crippen LogP contribution in [-0.4, -0.2) is 68.2 Å². The maximum Gasteiger partial charge on any atom is 0.214 e. The molecular weight excluding hydrogens is 262 g/mol. The third-order valence-corrected chi connectivity index (χ3v) is 5.58. The van der Waals surface area contributed by atoms with Gasteiger partial charge in [-0.2, -0.15) is 4.31 Å². The van der Waals surface area contributed by atoms with Gasteiger partial charge in [-0.3, -0.25) is 4.90 Å². The lowest BCUT2D eigenvalue weighted by atomic mass is 10.2. The lowest BCUT2D eigenvalue weighted by Crippen LogP contribution is -2.53. The highest BCUT2D eigenvalue weighted by Gasteiger charge is 2.29. The number of nitrogens with zero attached hydrogens (tertiary/aromatic N) is 2. The largest absolute Gasteiger partial charge is 0.314 e. The molecule has 0 radical (unpaired) electrons. The number of sulfonamides is 1. The first kappa shape index (κ1) is 16.9. The first-order valence-corrected chi connectivity index (χ1v) is 8.93. The Labute approximate surface area is 118 Å². The second-order valence-corrected chi connectivity index (χ2v) is 7.70. The van der Waals surface area contributed by atoms with Crippen molar-refractivity contribution in [3.63, 3.8) is 0 Å². The molecule has 0 aliphatic carbocycles. The van der Waals surface area contributed by atoms with E-state index < -0.39 is 10.0 Å². The van der Waals surface area contributed by atoms with E-state index in [9.17, 15) is 8.42 Å². The summed E-state index contributed by atoms with van der Waals surface area (Å²) in [5.74, 6) is 0.256. The van der Waals surface area contributed by atoms with Crippen LogP contribution in [0.15, 0.2) is 0 Å². The molecule has 1 atom stereocenters. The summed E-state index contributed by atoms with van der Waals surface area (Å²) >= 11 is 0. The fraction of sp³-hybridized carbons (Fsp3) is 1.00. The van der Waals surface area contributed by atoms with Gasteiger partial charge < -0.3 is 5.32 Å². The Morgan fingerprint density at radius 1 is 1.32 bits per heavy atom. The van der Waals surface area contributed by atoms with E-state index in [0.717, 1.165) is 19.6 Å². The van der Waals surface area contributed by atoms with E-state index in [4.69, 9.17) is 0 Å². The number of hydrogen-bond donors (Lipinski definition) is 1. The molecule has 0 aromatic rings. The molecule has 0 aromatic carbocycles. The number of piperazine rings is 1. The van der Waals surface area contributed by atoms with Gasteiger partial charge in [-0.1, -0.05) is 20.8 Å². The quantitative estimate of drug-likeness (QED) is 0.703. The Balaban J connectivity index is 2.41. The van der Waals surface area contributed by atoms with E-state index >= 15 is 0 Å². The average Bonchev–Trinajstić information content (AvgIpc) is 2.34. The minimum atomic E-state index is -3.08. The van der Waals surface area contributed by atoms with Crippen LogP contribution in [-0.2, 0) is 10.0 Å². The van der Waals surface area contributed by atoms with Gasteiger partial charge in [-0.15, -0.1) is 0 Å². The molecule has 0 aromatic heterocycles. The molecule has 0 spiro atoms. The summed E-state index contributed by atoms with van der Waals surface area (Å²) < 4.78 is 26.2. The summed E-state index contributed by atoms with van der Waals surface area (Å²) in [6, 6.07) is 0.734. The van der Waals surface area contributed by atoms with E-state index in [-0.39, 0.29) is 5.75 Å². The Hall–Kier alpha value is -0.170. The van der Waals surface area contributed by atoms with E-state index in [1.165, 1.54) is 0 Å². The molecule has 5 nitrogen and oxygen atoms in total. The van der Waals surface area contributed by atoms with Gasteiger partial charge in [-0.05, 0) is 26.4 Å². The van der Waals surface area contributed by atoms with Gasteiger partial charge >= 0.3 is 0 Å². The average molecular weight is 291 g/mol. The molecule has 1 aliphatic rings. The molecule has 1 N–H and O–H groups in total. The van der Waals surface area contributed by atoms with Crippen LogP contribution in [0, 0.1) is 0 Å². The van der Waals surface area contributed by atoms with E-state index in [1.807, 2.05) is 0 Å². The predicted molar refractivity (Wildman–Crippen MR) is 79.8 cm³/mol. The molecular formula is C13H29N3O2S. The standard InChI is InChI=1S/C13H29N3O2S/c1-5-15-8-9-16(11-13(15)4)19(17,18)10-6-7-14-12(2)3/h12-14H,5-11H2,1-4H3. The number of nitrogens with one attached hydrogen (secondary N) is 1. The van der Waals surface area contributed by atoms with Crippen LogP contribution < -0.4 is 5.32 Å². The highest BCUT2D eigenvalue weighted by atomic mass is 32.2. The lowest BCUT2D eigenvalue weighted by Gasteiger charge is -2.38. The molecule has 1 rings (SSSR count). The topological polar surface area (TPSA) is 52.7 Å². The second kappa shape index (κ2) is 7.57. The Morgan fingerprint density at radius 2 is 2.00 bits per heavy atom. The summed E-state index contributed by atoms with van der Waals surface area (Å²) in [6.07, 6.45) is 0.683. The number of rotatable bonds is 7. The monoisotopic (exact) mass is 291 g/mol. The van der Waals surface area contributed by atoms with Crippen molar-refractivity contribution in [3.8, 4) is 0 Å². The maximum atomic E-state index is 12.3. The highest BCUT2D eigenvalue weighted by molar-refractivity contribution is 7.89. The molecule has 1 heterocycles. The first-order chi connectivity index (χ1) is 8.86. The normalized spacial score (nSPS) is 23.1. The van der Waals surface area contributed by atoms with Crippen LogP contribution in [0.1, 0.15) is 34.1 Å². The van der Waals surface area contributed by atoms with Crippen molar-refractivity contribution in [2.75, 3.05) is 38.5 Å². The van der Waals surface area contributed by atoms with Gasteiger partial charge in [0, 0.05) is 31.7 Å². The molecule has 6 heteroatoms. The van der Waals surface area contributed by atoms with Crippen LogP contribution in [0.5, 0.6) is 0 Å². The smallest absolute Gasteiger partial charge is 0.214 e. The fourth-order valence-corrected chi connectivity index (χ4v) is 4.03. The molecule has 1 fully saturated rings. The van der Waals surface area contributed by atoms with Crippen LogP contribution in [0.3, 0.4) is 0 Å². The van der Waals surface area contributed by atoms with Gasteiger partial charge in [0.15, 0.2) is 0 Å². The minimum Gasteiger partial charge on any atom is -0.314 e. The predicted octanol–water partition coefficient (Wildman–Crippen LogP) is 0.730. The Morgan fingerprint density at radius 3 is 2.53 bits per heavy atom. The SMILES string of the molecule is CCN1CCN(S(=O)(=O)CCCNC(C)C)CC1C. The van der Waals surface area contributed by atoms with Gasteiger partial charge in [0.25, 0.3) is 0 Å². The molecule has 19 heavy (non-hydrogen) atoms. The minimum absolute atomic E-state index is 0.256. The zero-order valence-electron chi connectivity index (χ0n) is 12.7. The number of hydrogen-bond acceptors (Lipinski definition) is 4. The van der Waals surface area contributed by atoms with E-state index in [2.05, 4.69) is 37.9 Å². The summed E-state index contributed by atoms with van der Waals surface area (Å²) in [6.45, 7) is 12.2. The van der Waals surface area contributed by atoms with Crippen LogP contribution in [0.2, 0.25) is 0 Å². The Bertz CT molecular complexity index is 357. The van der Waals surface area contributed by atoms with Crippen molar-refractivity contribution >= 4 is 10.0 Å². The van der Waals surface area contributed by atoms with Crippen LogP contribution in [0.25, 0.3) is 0 Å². The van der Waals surface area contributed by atoms with Crippen LogP contribution in [0.4, 0.5) is 0 Å². The maximum absolute atomic E-state index is 12.3. The van der Waals surface area contributed by atoms with Gasteiger partial charge in [-0.25, -0.2) is 8.42 Å². The summed E-state index contributed by atoms with van der Waals surface area (Å²) in [5, 5.41) is 3.25. The van der Waals surface area contributed by atoms with Gasteiger partial charge in [0.1, 0.15) is 0 Å². The van der Waals surface area contributed by atoms with E-state index in [1.54, 1.807) is 4.31 Å². The molecule has 1 unspecified atom stereocenters. The van der Waals surface area contributed by atoms with Crippen molar-refractivity contribution in [3.05, 3.63) is 0 Å². The third kappa shape index (κ3) is 5.38. The van der Waals surface area contributed by atoms with Crippen LogP contribution >= 0.6 is 0 Å². The summed E-state index contributed by atoms with van der Waals surface area (Å²) in [7, 11) is -3.08. The van der Waals surface area contributed by atoms with Crippen molar-refractivity contribution in [2.45, 2.75) is 46.2 Å². The van der Waals surface area contributed by atoms with Crippen molar-refractivity contribution in [1.29, 1.82) is 0 Å². The van der Waals surface area contributed by atoms with Gasteiger partial charge in [0.05, 0.1) is 5.75 Å². The molecule has 0 bridgehead atoms. The molecule has 1 saturated heterocycles. The zero-order chi connectivity index (χ0) is 14.5. The molecule has 1 aliphatic heterocycles. The van der Waals surface area contributed by atoms with E-state index in [0.29, 0.717) is 31.6 Å². The third-order valence-electron chi connectivity index (χ3n) is 3.66.